The molecule has 0 aromatic heterocycles. The molecule has 17 heavy (non-hydrogen) atoms. The molecule has 0 saturated heterocycles. The maximum atomic E-state index is 9.13. The molecule has 1 heterocycles. The number of hydrogen-bond donors (Lipinski definition) is 1. The molecular formula is C13H25NOS2. The highest BCUT2D eigenvalue weighted by Crippen LogP contribution is 2.37. The van der Waals surface area contributed by atoms with Crippen LogP contribution < -0.4 is 0 Å². The summed E-state index contributed by atoms with van der Waals surface area (Å²) in [4.78, 5) is 4.52. The third-order valence-corrected chi connectivity index (χ3v) is 6.76. The van der Waals surface area contributed by atoms with Gasteiger partial charge >= 0.3 is 0 Å². The molecule has 4 heteroatoms. The first kappa shape index (κ1) is 15.4. The van der Waals surface area contributed by atoms with Crippen LogP contribution in [-0.2, 0) is 0 Å². The normalized spacial score (nSPS) is 24.4. The highest BCUT2D eigenvalue weighted by molar-refractivity contribution is 8.77. The van der Waals surface area contributed by atoms with Crippen molar-refractivity contribution >= 4 is 27.3 Å². The van der Waals surface area contributed by atoms with Gasteiger partial charge in [-0.15, -0.1) is 0 Å². The van der Waals surface area contributed by atoms with Crippen molar-refractivity contribution in [3.63, 3.8) is 0 Å². The summed E-state index contributed by atoms with van der Waals surface area (Å²) in [7, 11) is 3.66. The van der Waals surface area contributed by atoms with E-state index in [2.05, 4.69) is 32.7 Å². The van der Waals surface area contributed by atoms with Gasteiger partial charge in [-0.2, -0.15) is 0 Å². The fourth-order valence-electron chi connectivity index (χ4n) is 1.68. The molecule has 1 aliphatic heterocycles. The molecule has 1 rings (SSSR count). The lowest BCUT2D eigenvalue weighted by atomic mass is 9.76. The zero-order valence-corrected chi connectivity index (χ0v) is 13.1. The molecule has 1 unspecified atom stereocenters. The van der Waals surface area contributed by atoms with Crippen molar-refractivity contribution in [1.82, 2.24) is 0 Å². The largest absolute Gasteiger partial charge is 0.395 e. The molecule has 1 N–H and O–H groups in total. The third-order valence-electron chi connectivity index (χ3n) is 3.40. The highest BCUT2D eigenvalue weighted by Gasteiger charge is 2.34. The molecular weight excluding hydrogens is 250 g/mol. The zero-order chi connectivity index (χ0) is 12.9. The van der Waals surface area contributed by atoms with Gasteiger partial charge in [-0.1, -0.05) is 35.4 Å². The molecule has 0 aliphatic carbocycles. The molecule has 100 valence electrons. The number of rotatable bonds is 8. The quantitative estimate of drug-likeness (QED) is 0.540. The fraction of sp³-hybridized carbons (Fsp3) is 0.923. The predicted molar refractivity (Wildman–Crippen MR) is 81.1 cm³/mol. The summed E-state index contributed by atoms with van der Waals surface area (Å²) < 4.78 is -0.0173. The first-order valence-electron chi connectivity index (χ1n) is 6.39. The summed E-state index contributed by atoms with van der Waals surface area (Å²) in [5.41, 5.74) is 1.83. The minimum Gasteiger partial charge on any atom is -0.395 e. The maximum Gasteiger partial charge on any atom is 0.0581 e. The van der Waals surface area contributed by atoms with E-state index in [1.807, 2.05) is 10.8 Å². The molecule has 1 aliphatic rings. The second kappa shape index (κ2) is 6.48. The highest BCUT2D eigenvalue weighted by atomic mass is 33.1. The molecule has 0 saturated carbocycles. The van der Waals surface area contributed by atoms with Crippen LogP contribution in [-0.4, -0.2) is 34.5 Å². The lowest BCUT2D eigenvalue weighted by molar-refractivity contribution is 0.265. The van der Waals surface area contributed by atoms with Gasteiger partial charge in [-0.05, 0) is 33.1 Å². The molecule has 0 aromatic carbocycles. The van der Waals surface area contributed by atoms with Crippen LogP contribution in [0, 0.1) is 5.41 Å². The van der Waals surface area contributed by atoms with Gasteiger partial charge in [0.1, 0.15) is 0 Å². The van der Waals surface area contributed by atoms with Gasteiger partial charge in [0.2, 0.25) is 0 Å². The van der Waals surface area contributed by atoms with Crippen molar-refractivity contribution in [2.45, 2.75) is 51.7 Å². The number of aliphatic imine (C=N–C) groups is 1. The number of aliphatic hydroxyl groups excluding tert-OH is 1. The van der Waals surface area contributed by atoms with E-state index in [-0.39, 0.29) is 11.4 Å². The molecule has 0 fully saturated rings. The van der Waals surface area contributed by atoms with Gasteiger partial charge in [0.15, 0.2) is 0 Å². The van der Waals surface area contributed by atoms with Gasteiger partial charge in [0.25, 0.3) is 0 Å². The lowest BCUT2D eigenvalue weighted by Gasteiger charge is -2.36. The zero-order valence-electron chi connectivity index (χ0n) is 11.5. The fourth-order valence-corrected chi connectivity index (χ4v) is 4.12. The van der Waals surface area contributed by atoms with E-state index in [0.29, 0.717) is 5.41 Å². The summed E-state index contributed by atoms with van der Waals surface area (Å²) >= 11 is 0. The topological polar surface area (TPSA) is 32.6 Å². The Balaban J connectivity index is 2.10. The van der Waals surface area contributed by atoms with Crippen LogP contribution in [0.5, 0.6) is 0 Å². The van der Waals surface area contributed by atoms with Crippen LogP contribution in [0.1, 0.15) is 47.0 Å². The Hall–Kier alpha value is 0.330. The standard InChI is InChI=1S/C13H25NOS2/c1-5-13(4)9-14-11(13)7-6-8-16-17-12(2,3)10-15/h15H,5-10H2,1-4H3. The maximum absolute atomic E-state index is 9.13. The van der Waals surface area contributed by atoms with E-state index < -0.39 is 0 Å². The Bertz CT molecular complexity index is 279. The molecule has 0 amide bonds. The van der Waals surface area contributed by atoms with Gasteiger partial charge in [-0.3, -0.25) is 4.99 Å². The van der Waals surface area contributed by atoms with Gasteiger partial charge in [-0.25, -0.2) is 0 Å². The van der Waals surface area contributed by atoms with E-state index in [4.69, 9.17) is 5.11 Å². The Labute approximate surface area is 113 Å². The Morgan fingerprint density at radius 3 is 2.65 bits per heavy atom. The average Bonchev–Trinajstić information content (AvgIpc) is 2.31. The summed E-state index contributed by atoms with van der Waals surface area (Å²) in [6, 6.07) is 0. The van der Waals surface area contributed by atoms with Gasteiger partial charge in [0.05, 0.1) is 6.61 Å². The first-order valence-corrected chi connectivity index (χ1v) is 8.71. The molecule has 2 nitrogen and oxygen atoms in total. The number of aliphatic hydroxyl groups is 1. The summed E-state index contributed by atoms with van der Waals surface area (Å²) in [6.07, 6.45) is 3.57. The Kier molecular flexibility index (Phi) is 5.87. The molecule has 0 aromatic rings. The Morgan fingerprint density at radius 2 is 2.18 bits per heavy atom. The van der Waals surface area contributed by atoms with E-state index >= 15 is 0 Å². The van der Waals surface area contributed by atoms with Crippen molar-refractivity contribution < 1.29 is 5.11 Å². The van der Waals surface area contributed by atoms with Crippen molar-refractivity contribution in [1.29, 1.82) is 0 Å². The third kappa shape index (κ3) is 4.49. The van der Waals surface area contributed by atoms with Crippen molar-refractivity contribution in [3.8, 4) is 0 Å². The second-order valence-electron chi connectivity index (χ2n) is 5.60. The molecule has 0 spiro atoms. The van der Waals surface area contributed by atoms with Crippen LogP contribution in [0.15, 0.2) is 4.99 Å². The van der Waals surface area contributed by atoms with Crippen LogP contribution in [0.2, 0.25) is 0 Å². The van der Waals surface area contributed by atoms with Crippen LogP contribution >= 0.6 is 21.6 Å². The number of hydrogen-bond acceptors (Lipinski definition) is 4. The molecule has 1 atom stereocenters. The van der Waals surface area contributed by atoms with Crippen LogP contribution in [0.25, 0.3) is 0 Å². The van der Waals surface area contributed by atoms with Gasteiger partial charge in [0, 0.05) is 28.2 Å². The predicted octanol–water partition coefficient (Wildman–Crippen LogP) is 3.79. The summed E-state index contributed by atoms with van der Waals surface area (Å²) in [6.45, 7) is 10.0. The summed E-state index contributed by atoms with van der Waals surface area (Å²) in [5, 5.41) is 9.13. The smallest absolute Gasteiger partial charge is 0.0581 e. The van der Waals surface area contributed by atoms with Crippen molar-refractivity contribution in [2.75, 3.05) is 18.9 Å². The summed E-state index contributed by atoms with van der Waals surface area (Å²) in [5.74, 6) is 1.15. The Morgan fingerprint density at radius 1 is 1.47 bits per heavy atom. The van der Waals surface area contributed by atoms with Gasteiger partial charge < -0.3 is 5.11 Å². The van der Waals surface area contributed by atoms with E-state index in [1.54, 1.807) is 10.8 Å². The second-order valence-corrected chi connectivity index (χ2v) is 8.73. The van der Waals surface area contributed by atoms with Crippen molar-refractivity contribution in [2.24, 2.45) is 10.4 Å². The van der Waals surface area contributed by atoms with Crippen LogP contribution in [0.3, 0.4) is 0 Å². The molecule has 0 radical (unpaired) electrons. The van der Waals surface area contributed by atoms with E-state index in [9.17, 15) is 0 Å². The van der Waals surface area contributed by atoms with E-state index in [1.165, 1.54) is 18.6 Å². The van der Waals surface area contributed by atoms with Crippen molar-refractivity contribution in [3.05, 3.63) is 0 Å². The SMILES string of the molecule is CCC1(C)CN=C1CCCSSC(C)(C)CO. The minimum absolute atomic E-state index is 0.0173. The number of nitrogens with zero attached hydrogens (tertiary/aromatic N) is 1. The van der Waals surface area contributed by atoms with E-state index in [0.717, 1.165) is 18.7 Å². The minimum atomic E-state index is -0.0173. The average molecular weight is 275 g/mol. The molecule has 0 bridgehead atoms. The first-order chi connectivity index (χ1) is 7.93. The van der Waals surface area contributed by atoms with Crippen LogP contribution in [0.4, 0.5) is 0 Å². The lowest BCUT2D eigenvalue weighted by Crippen LogP contribution is -2.39. The monoisotopic (exact) mass is 275 g/mol.